The van der Waals surface area contributed by atoms with E-state index in [0.29, 0.717) is 12.3 Å². The van der Waals surface area contributed by atoms with E-state index in [9.17, 15) is 9.59 Å². The van der Waals surface area contributed by atoms with Crippen molar-refractivity contribution in [3.8, 4) is 0 Å². The first-order chi connectivity index (χ1) is 8.99. The second-order valence-corrected chi connectivity index (χ2v) is 4.71. The molecule has 5 nitrogen and oxygen atoms in total. The molecule has 104 valence electrons. The molecule has 1 aromatic carbocycles. The minimum Gasteiger partial charge on any atom is -0.449 e. The van der Waals surface area contributed by atoms with Crippen LogP contribution in [0.5, 0.6) is 0 Å². The van der Waals surface area contributed by atoms with E-state index >= 15 is 0 Å². The Morgan fingerprint density at radius 2 is 1.79 bits per heavy atom. The Balaban J connectivity index is 2.38. The fourth-order valence-electron chi connectivity index (χ4n) is 1.30. The fourth-order valence-corrected chi connectivity index (χ4v) is 1.30. The zero-order valence-corrected chi connectivity index (χ0v) is 11.5. The molecule has 0 aliphatic carbocycles. The van der Waals surface area contributed by atoms with Crippen LogP contribution in [0.3, 0.4) is 0 Å². The number of carbonyl (C=O) groups excluding carboxylic acids is 2. The Kier molecular flexibility index (Phi) is 5.85. The number of hydrogen-bond donors (Lipinski definition) is 2. The number of alkyl carbamates (subject to hydrolysis) is 1. The van der Waals surface area contributed by atoms with Crippen molar-refractivity contribution >= 4 is 17.7 Å². The number of para-hydroxylation sites is 1. The van der Waals surface area contributed by atoms with E-state index in [2.05, 4.69) is 10.6 Å². The molecule has 19 heavy (non-hydrogen) atoms. The van der Waals surface area contributed by atoms with Crippen LogP contribution in [-0.2, 0) is 9.53 Å². The van der Waals surface area contributed by atoms with Gasteiger partial charge in [0, 0.05) is 5.69 Å². The van der Waals surface area contributed by atoms with Crippen LogP contribution in [0.2, 0.25) is 0 Å². The summed E-state index contributed by atoms with van der Waals surface area (Å²) >= 11 is 0. The third kappa shape index (κ3) is 5.90. The molecule has 1 rings (SSSR count). The molecule has 0 heterocycles. The number of rotatable bonds is 5. The number of amides is 2. The summed E-state index contributed by atoms with van der Waals surface area (Å²) < 4.78 is 4.94. The molecule has 0 aliphatic heterocycles. The van der Waals surface area contributed by atoms with Gasteiger partial charge >= 0.3 is 6.09 Å². The van der Waals surface area contributed by atoms with E-state index in [4.69, 9.17) is 4.74 Å². The minimum absolute atomic E-state index is 0.263. The van der Waals surface area contributed by atoms with Crippen LogP contribution in [-0.4, -0.2) is 24.6 Å². The van der Waals surface area contributed by atoms with Gasteiger partial charge in [-0.05, 0) is 25.0 Å². The van der Waals surface area contributed by atoms with Gasteiger partial charge in [0.15, 0.2) is 0 Å². The normalized spacial score (nSPS) is 11.8. The number of benzene rings is 1. The Morgan fingerprint density at radius 1 is 1.16 bits per heavy atom. The number of hydrogen-bond acceptors (Lipinski definition) is 3. The second-order valence-electron chi connectivity index (χ2n) is 4.71. The van der Waals surface area contributed by atoms with E-state index in [-0.39, 0.29) is 11.8 Å². The van der Waals surface area contributed by atoms with Gasteiger partial charge in [-0.1, -0.05) is 32.0 Å². The van der Waals surface area contributed by atoms with Crippen molar-refractivity contribution in [1.29, 1.82) is 0 Å². The average Bonchev–Trinajstić information content (AvgIpc) is 2.37. The largest absolute Gasteiger partial charge is 0.449 e. The van der Waals surface area contributed by atoms with Gasteiger partial charge in [0.05, 0.1) is 6.61 Å². The molecule has 1 aromatic rings. The highest BCUT2D eigenvalue weighted by Crippen LogP contribution is 2.05. The van der Waals surface area contributed by atoms with Crippen molar-refractivity contribution < 1.29 is 14.3 Å². The van der Waals surface area contributed by atoms with Gasteiger partial charge in [-0.25, -0.2) is 4.79 Å². The number of anilines is 1. The van der Waals surface area contributed by atoms with Gasteiger partial charge in [0.1, 0.15) is 6.04 Å². The van der Waals surface area contributed by atoms with Crippen LogP contribution in [0.15, 0.2) is 30.3 Å². The zero-order valence-electron chi connectivity index (χ0n) is 11.5. The van der Waals surface area contributed by atoms with E-state index < -0.39 is 12.1 Å². The van der Waals surface area contributed by atoms with Crippen molar-refractivity contribution in [3.63, 3.8) is 0 Å². The predicted molar refractivity (Wildman–Crippen MR) is 73.9 cm³/mol. The maximum atomic E-state index is 11.8. The molecule has 2 N–H and O–H groups in total. The van der Waals surface area contributed by atoms with Gasteiger partial charge in [-0.15, -0.1) is 0 Å². The molecule has 1 atom stereocenters. The Labute approximate surface area is 113 Å². The maximum Gasteiger partial charge on any atom is 0.407 e. The highest BCUT2D eigenvalue weighted by atomic mass is 16.5. The fraction of sp³-hybridized carbons (Fsp3) is 0.429. The third-order valence-corrected chi connectivity index (χ3v) is 2.32. The Morgan fingerprint density at radius 3 is 2.37 bits per heavy atom. The highest BCUT2D eigenvalue weighted by molar-refractivity contribution is 5.96. The summed E-state index contributed by atoms with van der Waals surface area (Å²) in [6.45, 7) is 5.82. The van der Waals surface area contributed by atoms with Gasteiger partial charge in [0.25, 0.3) is 0 Å². The second kappa shape index (κ2) is 7.41. The molecule has 0 radical (unpaired) electrons. The lowest BCUT2D eigenvalue weighted by Gasteiger charge is -2.14. The quantitative estimate of drug-likeness (QED) is 0.858. The molecule has 0 aromatic heterocycles. The number of carbonyl (C=O) groups is 2. The molecule has 0 saturated heterocycles. The van der Waals surface area contributed by atoms with E-state index in [1.54, 1.807) is 19.1 Å². The van der Waals surface area contributed by atoms with Crippen molar-refractivity contribution in [2.24, 2.45) is 5.92 Å². The lowest BCUT2D eigenvalue weighted by molar-refractivity contribution is -0.117. The van der Waals surface area contributed by atoms with E-state index in [0.717, 1.165) is 0 Å². The summed E-state index contributed by atoms with van der Waals surface area (Å²) in [5.74, 6) is -0.0214. The van der Waals surface area contributed by atoms with Crippen molar-refractivity contribution in [3.05, 3.63) is 30.3 Å². The summed E-state index contributed by atoms with van der Waals surface area (Å²) in [4.78, 5) is 23.2. The van der Waals surface area contributed by atoms with Crippen LogP contribution < -0.4 is 10.6 Å². The number of ether oxygens (including phenoxy) is 1. The molecule has 0 fully saturated rings. The smallest absolute Gasteiger partial charge is 0.407 e. The minimum atomic E-state index is -0.653. The molecular formula is C14H20N2O3. The molecule has 0 bridgehead atoms. The van der Waals surface area contributed by atoms with Crippen molar-refractivity contribution in [2.45, 2.75) is 26.8 Å². The molecule has 0 spiro atoms. The summed E-state index contributed by atoms with van der Waals surface area (Å²) in [5, 5.41) is 5.18. The van der Waals surface area contributed by atoms with Gasteiger partial charge in [-0.3, -0.25) is 4.79 Å². The van der Waals surface area contributed by atoms with Gasteiger partial charge < -0.3 is 15.4 Å². The molecule has 0 unspecified atom stereocenters. The van der Waals surface area contributed by atoms with Crippen molar-refractivity contribution in [2.75, 3.05) is 11.9 Å². The first kappa shape index (κ1) is 15.0. The van der Waals surface area contributed by atoms with Crippen LogP contribution in [0.25, 0.3) is 0 Å². The molecule has 5 heteroatoms. The SMILES string of the molecule is CC(C)COC(=O)N[C@@H](C)C(=O)Nc1ccccc1. The predicted octanol–water partition coefficient (Wildman–Crippen LogP) is 2.40. The summed E-state index contributed by atoms with van der Waals surface area (Å²) in [6, 6.07) is 8.42. The van der Waals surface area contributed by atoms with Gasteiger partial charge in [-0.2, -0.15) is 0 Å². The number of nitrogens with one attached hydrogen (secondary N) is 2. The van der Waals surface area contributed by atoms with Crippen LogP contribution in [0, 0.1) is 5.92 Å². The summed E-state index contributed by atoms with van der Waals surface area (Å²) in [6.07, 6.45) is -0.579. The van der Waals surface area contributed by atoms with Crippen LogP contribution in [0.1, 0.15) is 20.8 Å². The highest BCUT2D eigenvalue weighted by Gasteiger charge is 2.16. The van der Waals surface area contributed by atoms with E-state index in [1.807, 2.05) is 32.0 Å². The monoisotopic (exact) mass is 264 g/mol. The topological polar surface area (TPSA) is 67.4 Å². The van der Waals surface area contributed by atoms with E-state index in [1.165, 1.54) is 0 Å². The van der Waals surface area contributed by atoms with Crippen LogP contribution >= 0.6 is 0 Å². The Hall–Kier alpha value is -2.04. The average molecular weight is 264 g/mol. The zero-order chi connectivity index (χ0) is 14.3. The molecule has 0 saturated carbocycles. The van der Waals surface area contributed by atoms with Gasteiger partial charge in [0.2, 0.25) is 5.91 Å². The molecule has 2 amide bonds. The van der Waals surface area contributed by atoms with Crippen LogP contribution in [0.4, 0.5) is 10.5 Å². The standard InChI is InChI=1S/C14H20N2O3/c1-10(2)9-19-14(18)15-11(3)13(17)16-12-7-5-4-6-8-12/h4-8,10-11H,9H2,1-3H3,(H,15,18)(H,16,17)/t11-/m0/s1. The first-order valence-electron chi connectivity index (χ1n) is 6.28. The first-order valence-corrected chi connectivity index (χ1v) is 6.28. The summed E-state index contributed by atoms with van der Waals surface area (Å²) in [7, 11) is 0. The molecular weight excluding hydrogens is 244 g/mol. The summed E-state index contributed by atoms with van der Waals surface area (Å²) in [5.41, 5.74) is 0.691. The Bertz CT molecular complexity index is 418. The van der Waals surface area contributed by atoms with Crippen molar-refractivity contribution in [1.82, 2.24) is 5.32 Å². The third-order valence-electron chi connectivity index (χ3n) is 2.32. The maximum absolute atomic E-state index is 11.8. The molecule has 0 aliphatic rings. The lowest BCUT2D eigenvalue weighted by atomic mass is 10.2. The lowest BCUT2D eigenvalue weighted by Crippen LogP contribution is -2.42.